The number of nitro benzene ring substituents is 2. The second kappa shape index (κ2) is 7.22. The van der Waals surface area contributed by atoms with Gasteiger partial charge in [0.2, 0.25) is 5.78 Å². The van der Waals surface area contributed by atoms with Crippen LogP contribution < -0.4 is 5.43 Å². The van der Waals surface area contributed by atoms with Crippen LogP contribution in [0.1, 0.15) is 27.0 Å². The summed E-state index contributed by atoms with van der Waals surface area (Å²) in [7, 11) is 0. The van der Waals surface area contributed by atoms with Gasteiger partial charge in [-0.25, -0.2) is 0 Å². The first-order valence-corrected chi connectivity index (χ1v) is 8.75. The lowest BCUT2D eigenvalue weighted by Gasteiger charge is -2.21. The molecule has 0 saturated heterocycles. The Labute approximate surface area is 173 Å². The lowest BCUT2D eigenvalue weighted by molar-refractivity contribution is -0.393. The molecular weight excluding hydrogens is 408 g/mol. The number of carbonyl (C=O) groups excluding carboxylic acids is 1. The van der Waals surface area contributed by atoms with Crippen LogP contribution in [0.4, 0.5) is 17.1 Å². The van der Waals surface area contributed by atoms with E-state index < -0.39 is 27.0 Å². The highest BCUT2D eigenvalue weighted by Crippen LogP contribution is 2.37. The van der Waals surface area contributed by atoms with Crippen LogP contribution in [0.5, 0.6) is 11.5 Å². The Morgan fingerprint density at radius 1 is 0.839 bits per heavy atom. The summed E-state index contributed by atoms with van der Waals surface area (Å²) in [5.41, 5.74) is 1.86. The van der Waals surface area contributed by atoms with Gasteiger partial charge in [-0.05, 0) is 18.2 Å². The number of nitrogens with one attached hydrogen (secondary N) is 1. The van der Waals surface area contributed by atoms with Crippen LogP contribution in [0.25, 0.3) is 0 Å². The quantitative estimate of drug-likeness (QED) is 0.334. The van der Waals surface area contributed by atoms with Crippen molar-refractivity contribution < 1.29 is 24.9 Å². The molecule has 1 aliphatic carbocycles. The zero-order chi connectivity index (χ0) is 22.3. The molecule has 3 N–H and O–H groups in total. The van der Waals surface area contributed by atoms with E-state index >= 15 is 0 Å². The molecule has 0 unspecified atom stereocenters. The van der Waals surface area contributed by atoms with Gasteiger partial charge in [0.05, 0.1) is 32.8 Å². The molecule has 31 heavy (non-hydrogen) atoms. The van der Waals surface area contributed by atoms with E-state index in [1.807, 2.05) is 0 Å². The van der Waals surface area contributed by atoms with Crippen LogP contribution in [0.15, 0.2) is 59.7 Å². The minimum atomic E-state index is -0.792. The fourth-order valence-corrected chi connectivity index (χ4v) is 3.34. The third-order valence-corrected chi connectivity index (χ3v) is 4.73. The largest absolute Gasteiger partial charge is 0.507 e. The molecule has 0 radical (unpaired) electrons. The number of benzene rings is 3. The van der Waals surface area contributed by atoms with E-state index in [0.29, 0.717) is 0 Å². The maximum Gasteiger partial charge on any atom is 0.301 e. The molecule has 0 heterocycles. The summed E-state index contributed by atoms with van der Waals surface area (Å²) in [6.45, 7) is 0. The molecule has 0 fully saturated rings. The SMILES string of the molecule is O=C1c2c(O)cccc2C(=NNc2ccc([N+](=O)[O-])cc2[N+](=O)[O-])c2cccc(O)c21. The molecule has 11 nitrogen and oxygen atoms in total. The summed E-state index contributed by atoms with van der Waals surface area (Å²) in [5.74, 6) is -1.22. The Morgan fingerprint density at radius 3 is 1.94 bits per heavy atom. The van der Waals surface area contributed by atoms with Crippen molar-refractivity contribution in [3.05, 3.63) is 97.1 Å². The maximum atomic E-state index is 12.9. The number of hydrogen-bond donors (Lipinski definition) is 3. The van der Waals surface area contributed by atoms with Gasteiger partial charge < -0.3 is 10.2 Å². The summed E-state index contributed by atoms with van der Waals surface area (Å²) in [5, 5.41) is 46.9. The van der Waals surface area contributed by atoms with Gasteiger partial charge >= 0.3 is 5.69 Å². The van der Waals surface area contributed by atoms with Crippen LogP contribution in [-0.2, 0) is 0 Å². The Hall–Kier alpha value is -4.80. The summed E-state index contributed by atoms with van der Waals surface area (Å²) >= 11 is 0. The van der Waals surface area contributed by atoms with Crippen LogP contribution in [0.2, 0.25) is 0 Å². The van der Waals surface area contributed by atoms with E-state index in [4.69, 9.17) is 0 Å². The zero-order valence-electron chi connectivity index (χ0n) is 15.5. The number of hydrogen-bond acceptors (Lipinski definition) is 9. The molecule has 11 heteroatoms. The van der Waals surface area contributed by atoms with Crippen LogP contribution in [-0.4, -0.2) is 31.6 Å². The number of phenolic OH excluding ortho intramolecular Hbond substituents is 2. The van der Waals surface area contributed by atoms with E-state index in [0.717, 1.165) is 18.2 Å². The van der Waals surface area contributed by atoms with Crippen molar-refractivity contribution in [2.45, 2.75) is 0 Å². The first kappa shape index (κ1) is 19.5. The maximum absolute atomic E-state index is 12.9. The molecule has 0 aliphatic heterocycles. The molecule has 0 bridgehead atoms. The van der Waals surface area contributed by atoms with Gasteiger partial charge in [0.15, 0.2) is 0 Å². The number of nitro groups is 2. The van der Waals surface area contributed by atoms with E-state index in [1.54, 1.807) is 0 Å². The van der Waals surface area contributed by atoms with Gasteiger partial charge in [0.25, 0.3) is 5.69 Å². The monoisotopic (exact) mass is 420 g/mol. The highest BCUT2D eigenvalue weighted by Gasteiger charge is 2.33. The third kappa shape index (κ3) is 3.19. The fourth-order valence-electron chi connectivity index (χ4n) is 3.34. The number of phenols is 2. The predicted octanol–water partition coefficient (Wildman–Crippen LogP) is 3.32. The number of fused-ring (bicyclic) bond motifs is 2. The van der Waals surface area contributed by atoms with Crippen LogP contribution in [0.3, 0.4) is 0 Å². The number of aromatic hydroxyl groups is 2. The van der Waals surface area contributed by atoms with Gasteiger partial charge in [-0.2, -0.15) is 5.10 Å². The smallest absolute Gasteiger partial charge is 0.301 e. The van der Waals surface area contributed by atoms with E-state index in [-0.39, 0.29) is 45.2 Å². The van der Waals surface area contributed by atoms with Crippen molar-refractivity contribution in [1.29, 1.82) is 0 Å². The Morgan fingerprint density at radius 2 is 1.42 bits per heavy atom. The van der Waals surface area contributed by atoms with Gasteiger partial charge in [-0.15, -0.1) is 0 Å². The Kier molecular flexibility index (Phi) is 4.55. The number of rotatable bonds is 4. The number of ketones is 1. The zero-order valence-corrected chi connectivity index (χ0v) is 15.5. The number of non-ortho nitro benzene ring substituents is 1. The minimum absolute atomic E-state index is 0.0738. The Bertz CT molecular complexity index is 1260. The second-order valence-corrected chi connectivity index (χ2v) is 6.52. The first-order chi connectivity index (χ1) is 14.8. The molecule has 0 aromatic heterocycles. The minimum Gasteiger partial charge on any atom is -0.507 e. The number of hydrazone groups is 1. The summed E-state index contributed by atoms with van der Waals surface area (Å²) < 4.78 is 0. The van der Waals surface area contributed by atoms with Gasteiger partial charge in [-0.1, -0.05) is 24.3 Å². The van der Waals surface area contributed by atoms with Gasteiger partial charge in [0.1, 0.15) is 17.2 Å². The summed E-state index contributed by atoms with van der Waals surface area (Å²) in [6.07, 6.45) is 0. The molecule has 154 valence electrons. The van der Waals surface area contributed by atoms with E-state index in [2.05, 4.69) is 10.5 Å². The third-order valence-electron chi connectivity index (χ3n) is 4.73. The van der Waals surface area contributed by atoms with E-state index in [9.17, 15) is 35.2 Å². The second-order valence-electron chi connectivity index (χ2n) is 6.52. The first-order valence-electron chi connectivity index (χ1n) is 8.75. The van der Waals surface area contributed by atoms with Crippen molar-refractivity contribution in [2.75, 3.05) is 5.43 Å². The van der Waals surface area contributed by atoms with Gasteiger partial charge in [0, 0.05) is 17.2 Å². The molecule has 1 aliphatic rings. The molecule has 3 aromatic carbocycles. The standard InChI is InChI=1S/C20H12N4O7/c25-15-5-1-3-11-17(15)20(27)18-12(4-2-6-16(18)26)19(11)22-21-13-8-7-10(23(28)29)9-14(13)24(30)31/h1-9,21,25-26H. The highest BCUT2D eigenvalue weighted by molar-refractivity contribution is 6.31. The Balaban J connectivity index is 1.88. The van der Waals surface area contributed by atoms with Crippen molar-refractivity contribution in [1.82, 2.24) is 0 Å². The van der Waals surface area contributed by atoms with Crippen LogP contribution in [0, 0.1) is 20.2 Å². The number of anilines is 1. The average Bonchev–Trinajstić information content (AvgIpc) is 2.73. The lowest BCUT2D eigenvalue weighted by atomic mass is 9.82. The molecule has 0 atom stereocenters. The lowest BCUT2D eigenvalue weighted by Crippen LogP contribution is -2.22. The van der Waals surface area contributed by atoms with Crippen molar-refractivity contribution in [3.63, 3.8) is 0 Å². The molecular formula is C20H12N4O7. The molecule has 4 rings (SSSR count). The predicted molar refractivity (Wildman–Crippen MR) is 109 cm³/mol. The highest BCUT2D eigenvalue weighted by atomic mass is 16.6. The fraction of sp³-hybridized carbons (Fsp3) is 0. The molecule has 0 saturated carbocycles. The van der Waals surface area contributed by atoms with Crippen molar-refractivity contribution in [2.24, 2.45) is 5.10 Å². The summed E-state index contributed by atoms with van der Waals surface area (Å²) in [6, 6.07) is 11.7. The number of carbonyl (C=O) groups is 1. The van der Waals surface area contributed by atoms with Crippen molar-refractivity contribution in [3.8, 4) is 11.5 Å². The molecule has 0 spiro atoms. The number of nitrogens with zero attached hydrogens (tertiary/aromatic N) is 3. The van der Waals surface area contributed by atoms with Gasteiger partial charge in [-0.3, -0.25) is 30.4 Å². The van der Waals surface area contributed by atoms with Crippen molar-refractivity contribution >= 4 is 28.6 Å². The molecule has 0 amide bonds. The normalized spacial score (nSPS) is 12.0. The molecule has 3 aromatic rings. The topological polar surface area (TPSA) is 168 Å². The summed E-state index contributed by atoms with van der Waals surface area (Å²) in [4.78, 5) is 33.6. The van der Waals surface area contributed by atoms with E-state index in [1.165, 1.54) is 36.4 Å². The van der Waals surface area contributed by atoms with Crippen LogP contribution >= 0.6 is 0 Å². The average molecular weight is 420 g/mol.